The van der Waals surface area contributed by atoms with Crippen molar-refractivity contribution in [3.63, 3.8) is 0 Å². The van der Waals surface area contributed by atoms with E-state index in [4.69, 9.17) is 0 Å². The number of carbonyl (C=O) groups excluding carboxylic acids is 1. The van der Waals surface area contributed by atoms with Gasteiger partial charge in [-0.2, -0.15) is 5.10 Å². The summed E-state index contributed by atoms with van der Waals surface area (Å²) >= 11 is 1.74. The van der Waals surface area contributed by atoms with E-state index in [2.05, 4.69) is 41.6 Å². The van der Waals surface area contributed by atoms with E-state index >= 15 is 0 Å². The summed E-state index contributed by atoms with van der Waals surface area (Å²) in [4.78, 5) is 13.6. The number of nitrogens with one attached hydrogen (secondary N) is 1. The molecule has 25 heavy (non-hydrogen) atoms. The van der Waals surface area contributed by atoms with E-state index in [-0.39, 0.29) is 5.91 Å². The van der Waals surface area contributed by atoms with Gasteiger partial charge < -0.3 is 5.32 Å². The molecule has 1 heterocycles. The Balaban J connectivity index is 1.55. The fourth-order valence-electron chi connectivity index (χ4n) is 2.53. The molecular weight excluding hydrogens is 330 g/mol. The minimum atomic E-state index is -0.0795. The van der Waals surface area contributed by atoms with Crippen LogP contribution in [0.3, 0.4) is 0 Å². The Bertz CT molecular complexity index is 841. The van der Waals surface area contributed by atoms with Gasteiger partial charge in [0.05, 0.1) is 23.1 Å². The van der Waals surface area contributed by atoms with Gasteiger partial charge >= 0.3 is 0 Å². The Morgan fingerprint density at radius 3 is 2.52 bits per heavy atom. The molecule has 0 radical (unpaired) electrons. The summed E-state index contributed by atoms with van der Waals surface area (Å²) < 4.78 is 1.79. The first-order chi connectivity index (χ1) is 12.1. The average molecular weight is 351 g/mol. The van der Waals surface area contributed by atoms with Crippen LogP contribution in [0.5, 0.6) is 0 Å². The molecule has 5 heteroatoms. The van der Waals surface area contributed by atoms with E-state index in [0.717, 1.165) is 17.1 Å². The summed E-state index contributed by atoms with van der Waals surface area (Å²) in [7, 11) is 0. The number of rotatable bonds is 6. The third-order valence-electron chi connectivity index (χ3n) is 3.93. The Morgan fingerprint density at radius 1 is 1.08 bits per heavy atom. The van der Waals surface area contributed by atoms with Crippen LogP contribution < -0.4 is 5.32 Å². The highest BCUT2D eigenvalue weighted by Crippen LogP contribution is 2.18. The first-order valence-corrected chi connectivity index (χ1v) is 9.21. The van der Waals surface area contributed by atoms with Crippen LogP contribution in [-0.4, -0.2) is 28.0 Å². The minimum absolute atomic E-state index is 0.0795. The number of aryl methyl sites for hydroxylation is 1. The molecule has 4 nitrogen and oxygen atoms in total. The monoisotopic (exact) mass is 351 g/mol. The molecule has 0 unspecified atom stereocenters. The highest BCUT2D eigenvalue weighted by Gasteiger charge is 2.14. The van der Waals surface area contributed by atoms with Gasteiger partial charge in [-0.25, -0.2) is 4.68 Å². The van der Waals surface area contributed by atoms with Crippen molar-refractivity contribution in [2.75, 3.05) is 12.3 Å². The van der Waals surface area contributed by atoms with E-state index in [1.807, 2.05) is 37.3 Å². The number of carbonyl (C=O) groups is 1. The van der Waals surface area contributed by atoms with Crippen molar-refractivity contribution < 1.29 is 4.79 Å². The minimum Gasteiger partial charge on any atom is -0.351 e. The predicted octanol–water partition coefficient (Wildman–Crippen LogP) is 4.01. The van der Waals surface area contributed by atoms with Crippen LogP contribution >= 0.6 is 11.8 Å². The lowest BCUT2D eigenvalue weighted by Gasteiger charge is -2.07. The van der Waals surface area contributed by atoms with Gasteiger partial charge in [-0.3, -0.25) is 4.79 Å². The fraction of sp³-hybridized carbons (Fsp3) is 0.200. The van der Waals surface area contributed by atoms with Crippen molar-refractivity contribution >= 4 is 17.7 Å². The van der Waals surface area contributed by atoms with E-state index in [9.17, 15) is 4.79 Å². The first-order valence-electron chi connectivity index (χ1n) is 8.23. The molecule has 0 spiro atoms. The second kappa shape index (κ2) is 8.03. The number of thioether (sulfide) groups is 1. The van der Waals surface area contributed by atoms with Gasteiger partial charge in [0.2, 0.25) is 0 Å². The fourth-order valence-corrected chi connectivity index (χ4v) is 3.29. The molecule has 3 aromatic rings. The van der Waals surface area contributed by atoms with Crippen LogP contribution in [0.1, 0.15) is 21.6 Å². The number of benzene rings is 2. The van der Waals surface area contributed by atoms with E-state index in [1.165, 1.54) is 10.5 Å². The third-order valence-corrected chi connectivity index (χ3v) is 4.95. The Morgan fingerprint density at radius 2 is 1.80 bits per heavy atom. The zero-order chi connectivity index (χ0) is 17.6. The molecule has 0 fully saturated rings. The molecule has 0 aliphatic rings. The van der Waals surface area contributed by atoms with E-state index < -0.39 is 0 Å². The Kier molecular flexibility index (Phi) is 5.56. The second-order valence-electron chi connectivity index (χ2n) is 5.81. The summed E-state index contributed by atoms with van der Waals surface area (Å²) in [6, 6.07) is 18.2. The van der Waals surface area contributed by atoms with Gasteiger partial charge in [0.25, 0.3) is 5.91 Å². The molecule has 0 aliphatic heterocycles. The van der Waals surface area contributed by atoms with Crippen molar-refractivity contribution in [2.24, 2.45) is 0 Å². The normalized spacial score (nSPS) is 10.6. The molecule has 2 aromatic carbocycles. The van der Waals surface area contributed by atoms with Crippen molar-refractivity contribution in [2.45, 2.75) is 18.7 Å². The molecule has 0 saturated carbocycles. The quantitative estimate of drug-likeness (QED) is 0.539. The maximum absolute atomic E-state index is 12.4. The average Bonchev–Trinajstić information content (AvgIpc) is 3.02. The lowest BCUT2D eigenvalue weighted by atomic mass is 10.2. The lowest BCUT2D eigenvalue weighted by molar-refractivity contribution is 0.0955. The molecule has 0 atom stereocenters. The number of para-hydroxylation sites is 1. The molecule has 0 bridgehead atoms. The van der Waals surface area contributed by atoms with Crippen LogP contribution in [0.15, 0.2) is 65.7 Å². The van der Waals surface area contributed by atoms with Crippen molar-refractivity contribution in [1.29, 1.82) is 0 Å². The SMILES string of the molecule is Cc1ccc(SCCNC(=O)c2cnn(-c3ccccc3)c2C)cc1. The topological polar surface area (TPSA) is 46.9 Å². The number of aromatic nitrogens is 2. The van der Waals surface area contributed by atoms with Crippen molar-refractivity contribution in [3.05, 3.63) is 77.6 Å². The maximum atomic E-state index is 12.4. The Labute approximate surface area is 152 Å². The van der Waals surface area contributed by atoms with Gasteiger partial charge in [-0.15, -0.1) is 11.8 Å². The standard InChI is InChI=1S/C20H21N3OS/c1-15-8-10-18(11-9-15)25-13-12-21-20(24)19-14-22-23(16(19)2)17-6-4-3-5-7-17/h3-11,14H,12-13H2,1-2H3,(H,21,24). The molecule has 1 amide bonds. The summed E-state index contributed by atoms with van der Waals surface area (Å²) in [6.07, 6.45) is 1.63. The van der Waals surface area contributed by atoms with Gasteiger partial charge in [0, 0.05) is 17.2 Å². The highest BCUT2D eigenvalue weighted by molar-refractivity contribution is 7.99. The summed E-state index contributed by atoms with van der Waals surface area (Å²) in [5.74, 6) is 0.755. The predicted molar refractivity (Wildman–Crippen MR) is 103 cm³/mol. The first kappa shape index (κ1) is 17.3. The molecule has 3 rings (SSSR count). The van der Waals surface area contributed by atoms with Crippen LogP contribution in [0.2, 0.25) is 0 Å². The van der Waals surface area contributed by atoms with Gasteiger partial charge in [0.1, 0.15) is 0 Å². The van der Waals surface area contributed by atoms with Gasteiger partial charge in [-0.05, 0) is 38.1 Å². The smallest absolute Gasteiger partial charge is 0.254 e. The lowest BCUT2D eigenvalue weighted by Crippen LogP contribution is -2.26. The van der Waals surface area contributed by atoms with Gasteiger partial charge in [-0.1, -0.05) is 35.9 Å². The number of amides is 1. The molecule has 1 aromatic heterocycles. The third kappa shape index (κ3) is 4.31. The second-order valence-corrected chi connectivity index (χ2v) is 6.98. The van der Waals surface area contributed by atoms with E-state index in [1.54, 1.807) is 22.6 Å². The number of hydrogen-bond acceptors (Lipinski definition) is 3. The van der Waals surface area contributed by atoms with Gasteiger partial charge in [0.15, 0.2) is 0 Å². The van der Waals surface area contributed by atoms with Crippen molar-refractivity contribution in [3.8, 4) is 5.69 Å². The van der Waals surface area contributed by atoms with Crippen LogP contribution in [0.4, 0.5) is 0 Å². The zero-order valence-corrected chi connectivity index (χ0v) is 15.2. The Hall–Kier alpha value is -2.53. The van der Waals surface area contributed by atoms with Crippen LogP contribution in [0, 0.1) is 13.8 Å². The summed E-state index contributed by atoms with van der Waals surface area (Å²) in [5, 5.41) is 7.31. The number of nitrogens with zero attached hydrogens (tertiary/aromatic N) is 2. The number of hydrogen-bond donors (Lipinski definition) is 1. The molecule has 1 N–H and O–H groups in total. The van der Waals surface area contributed by atoms with Crippen LogP contribution in [-0.2, 0) is 0 Å². The maximum Gasteiger partial charge on any atom is 0.254 e. The molecule has 128 valence electrons. The highest BCUT2D eigenvalue weighted by atomic mass is 32.2. The zero-order valence-electron chi connectivity index (χ0n) is 14.4. The molecule has 0 saturated heterocycles. The summed E-state index contributed by atoms with van der Waals surface area (Å²) in [6.45, 7) is 4.61. The van der Waals surface area contributed by atoms with Crippen molar-refractivity contribution in [1.82, 2.24) is 15.1 Å². The van der Waals surface area contributed by atoms with E-state index in [0.29, 0.717) is 12.1 Å². The summed E-state index contributed by atoms with van der Waals surface area (Å²) in [5.41, 5.74) is 3.66. The molecule has 0 aliphatic carbocycles. The van der Waals surface area contributed by atoms with Crippen LogP contribution in [0.25, 0.3) is 5.69 Å². The largest absolute Gasteiger partial charge is 0.351 e. The molecular formula is C20H21N3OS.